The van der Waals surface area contributed by atoms with Crippen LogP contribution in [-0.4, -0.2) is 75.4 Å². The summed E-state index contributed by atoms with van der Waals surface area (Å²) in [6, 6.07) is 7.35. The highest BCUT2D eigenvalue weighted by Gasteiger charge is 2.37. The molecule has 2 aliphatic heterocycles. The molecule has 0 unspecified atom stereocenters. The van der Waals surface area contributed by atoms with Crippen molar-refractivity contribution in [3.8, 4) is 11.5 Å². The molecule has 2 atom stereocenters. The fraction of sp³-hybridized carbons (Fsp3) is 0.588. The number of carbonyl (C=O) groups excluding carboxylic acids is 1. The van der Waals surface area contributed by atoms with E-state index in [0.717, 1.165) is 26.2 Å². The van der Waals surface area contributed by atoms with Crippen LogP contribution >= 0.6 is 0 Å². The largest absolute Gasteiger partial charge is 0.493 e. The number of fused-ring (bicyclic) bond motifs is 1. The van der Waals surface area contributed by atoms with Crippen molar-refractivity contribution >= 4 is 5.91 Å². The number of hydrogen-bond acceptors (Lipinski definition) is 5. The lowest BCUT2D eigenvalue weighted by Crippen LogP contribution is -2.35. The number of para-hydroxylation sites is 2. The number of rotatable bonds is 4. The second kappa shape index (κ2) is 7.19. The molecule has 1 aromatic carbocycles. The molecular weight excluding hydrogens is 296 g/mol. The lowest BCUT2D eigenvalue weighted by Gasteiger charge is -2.19. The van der Waals surface area contributed by atoms with E-state index >= 15 is 0 Å². The normalized spacial score (nSPS) is 24.9. The average Bonchev–Trinajstić information content (AvgIpc) is 2.87. The number of hydrogen-bond donors (Lipinski definition) is 0. The van der Waals surface area contributed by atoms with Crippen LogP contribution in [0.3, 0.4) is 0 Å². The minimum atomic E-state index is -0.00441. The van der Waals surface area contributed by atoms with Gasteiger partial charge in [-0.3, -0.25) is 4.79 Å². The molecule has 0 radical (unpaired) electrons. The van der Waals surface area contributed by atoms with Crippen molar-refractivity contribution in [2.24, 2.45) is 5.92 Å². The zero-order valence-electron chi connectivity index (χ0n) is 13.7. The maximum atomic E-state index is 12.4. The molecule has 0 saturated carbocycles. The van der Waals surface area contributed by atoms with Crippen LogP contribution in [0.15, 0.2) is 24.3 Å². The first-order chi connectivity index (χ1) is 11.2. The summed E-state index contributed by atoms with van der Waals surface area (Å²) in [6.45, 7) is 4.09. The molecular formula is C17H24N2O4. The first kappa shape index (κ1) is 16.1. The summed E-state index contributed by atoms with van der Waals surface area (Å²) in [7, 11) is 3.69. The number of likely N-dealkylation sites (N-methyl/N-ethyl adjacent to an activating group) is 1. The predicted octanol–water partition coefficient (Wildman–Crippen LogP) is 0.863. The molecule has 23 heavy (non-hydrogen) atoms. The summed E-state index contributed by atoms with van der Waals surface area (Å²) in [4.78, 5) is 16.5. The summed E-state index contributed by atoms with van der Waals surface area (Å²) >= 11 is 0. The smallest absolute Gasteiger partial charge is 0.260 e. The highest BCUT2D eigenvalue weighted by atomic mass is 16.5. The van der Waals surface area contributed by atoms with Crippen LogP contribution in [0.4, 0.5) is 0 Å². The standard InChI is InChI=1S/C17H24N2O4/c1-18-7-8-22-16-11-19(10-13(16)9-18)17(20)12-23-15-6-4-3-5-14(15)21-2/h3-6,13,16H,7-12H2,1-2H3/t13-,16+/m0/s1. The number of methoxy groups -OCH3 is 1. The van der Waals surface area contributed by atoms with E-state index in [1.165, 1.54) is 0 Å². The highest BCUT2D eigenvalue weighted by Crippen LogP contribution is 2.27. The third-order valence-electron chi connectivity index (χ3n) is 4.51. The lowest BCUT2D eigenvalue weighted by atomic mass is 10.1. The quantitative estimate of drug-likeness (QED) is 0.824. The Hall–Kier alpha value is -1.79. The number of nitrogens with zero attached hydrogens (tertiary/aromatic N) is 2. The van der Waals surface area contributed by atoms with E-state index in [-0.39, 0.29) is 18.6 Å². The number of likely N-dealkylation sites (tertiary alicyclic amines) is 1. The van der Waals surface area contributed by atoms with Crippen molar-refractivity contribution in [1.29, 1.82) is 0 Å². The van der Waals surface area contributed by atoms with Gasteiger partial charge in [0.25, 0.3) is 5.91 Å². The van der Waals surface area contributed by atoms with E-state index in [0.29, 0.717) is 24.0 Å². The van der Waals surface area contributed by atoms with E-state index in [4.69, 9.17) is 14.2 Å². The molecule has 6 heteroatoms. The average molecular weight is 320 g/mol. The van der Waals surface area contributed by atoms with E-state index < -0.39 is 0 Å². The number of carbonyl (C=O) groups is 1. The van der Waals surface area contributed by atoms with Crippen LogP contribution in [0.5, 0.6) is 11.5 Å². The maximum Gasteiger partial charge on any atom is 0.260 e. The van der Waals surface area contributed by atoms with E-state index in [1.807, 2.05) is 23.1 Å². The fourth-order valence-electron chi connectivity index (χ4n) is 3.23. The van der Waals surface area contributed by atoms with Gasteiger partial charge >= 0.3 is 0 Å². The molecule has 3 rings (SSSR count). The van der Waals surface area contributed by atoms with Gasteiger partial charge in [0, 0.05) is 32.1 Å². The Balaban J connectivity index is 1.55. The first-order valence-corrected chi connectivity index (χ1v) is 8.01. The highest BCUT2D eigenvalue weighted by molar-refractivity contribution is 5.78. The topological polar surface area (TPSA) is 51.2 Å². The van der Waals surface area contributed by atoms with Crippen molar-refractivity contribution in [2.45, 2.75) is 6.10 Å². The molecule has 2 saturated heterocycles. The molecule has 126 valence electrons. The van der Waals surface area contributed by atoms with Crippen molar-refractivity contribution in [3.05, 3.63) is 24.3 Å². The second-order valence-electron chi connectivity index (χ2n) is 6.17. The lowest BCUT2D eigenvalue weighted by molar-refractivity contribution is -0.132. The molecule has 0 spiro atoms. The summed E-state index contributed by atoms with van der Waals surface area (Å²) < 4.78 is 16.7. The van der Waals surface area contributed by atoms with Crippen molar-refractivity contribution in [2.75, 3.05) is 53.6 Å². The van der Waals surface area contributed by atoms with Gasteiger partial charge in [0.05, 0.1) is 19.8 Å². The van der Waals surface area contributed by atoms with E-state index in [1.54, 1.807) is 13.2 Å². The van der Waals surface area contributed by atoms with Gasteiger partial charge in [0.15, 0.2) is 18.1 Å². The Kier molecular flexibility index (Phi) is 5.03. The van der Waals surface area contributed by atoms with Crippen LogP contribution < -0.4 is 9.47 Å². The number of benzene rings is 1. The van der Waals surface area contributed by atoms with Gasteiger partial charge < -0.3 is 24.0 Å². The number of amides is 1. The van der Waals surface area contributed by atoms with Crippen LogP contribution in [-0.2, 0) is 9.53 Å². The monoisotopic (exact) mass is 320 g/mol. The summed E-state index contributed by atoms with van der Waals surface area (Å²) in [6.07, 6.45) is 0.148. The van der Waals surface area contributed by atoms with Gasteiger partial charge in [0.2, 0.25) is 0 Å². The van der Waals surface area contributed by atoms with Gasteiger partial charge in [-0.1, -0.05) is 12.1 Å². The van der Waals surface area contributed by atoms with Gasteiger partial charge in [-0.2, -0.15) is 0 Å². The third-order valence-corrected chi connectivity index (χ3v) is 4.51. The maximum absolute atomic E-state index is 12.4. The molecule has 2 fully saturated rings. The molecule has 0 aliphatic carbocycles. The zero-order chi connectivity index (χ0) is 16.2. The van der Waals surface area contributed by atoms with Crippen LogP contribution in [0.1, 0.15) is 0 Å². The summed E-state index contributed by atoms with van der Waals surface area (Å²) in [5, 5.41) is 0. The summed E-state index contributed by atoms with van der Waals surface area (Å²) in [5.74, 6) is 1.61. The zero-order valence-corrected chi connectivity index (χ0v) is 13.7. The van der Waals surface area contributed by atoms with Gasteiger partial charge in [-0.15, -0.1) is 0 Å². The van der Waals surface area contributed by atoms with Gasteiger partial charge in [-0.25, -0.2) is 0 Å². The van der Waals surface area contributed by atoms with Crippen LogP contribution in [0.25, 0.3) is 0 Å². The van der Waals surface area contributed by atoms with Crippen molar-refractivity contribution in [3.63, 3.8) is 0 Å². The minimum absolute atomic E-state index is 0.00441. The van der Waals surface area contributed by atoms with E-state index in [9.17, 15) is 4.79 Å². The first-order valence-electron chi connectivity index (χ1n) is 8.01. The minimum Gasteiger partial charge on any atom is -0.493 e. The third kappa shape index (κ3) is 3.76. The molecule has 1 aromatic rings. The van der Waals surface area contributed by atoms with E-state index in [2.05, 4.69) is 11.9 Å². The molecule has 2 heterocycles. The Morgan fingerprint density at radius 1 is 1.26 bits per heavy atom. The Morgan fingerprint density at radius 3 is 2.83 bits per heavy atom. The molecule has 1 amide bonds. The molecule has 2 aliphatic rings. The molecule has 0 N–H and O–H groups in total. The molecule has 0 aromatic heterocycles. The SMILES string of the molecule is COc1ccccc1OCC(=O)N1C[C@@H]2CN(C)CCO[C@@H]2C1. The summed E-state index contributed by atoms with van der Waals surface area (Å²) in [5.41, 5.74) is 0. The Bertz CT molecular complexity index is 551. The predicted molar refractivity (Wildman–Crippen MR) is 85.8 cm³/mol. The molecule has 6 nitrogen and oxygen atoms in total. The van der Waals surface area contributed by atoms with Gasteiger partial charge in [0.1, 0.15) is 0 Å². The van der Waals surface area contributed by atoms with Crippen molar-refractivity contribution in [1.82, 2.24) is 9.80 Å². The fourth-order valence-corrected chi connectivity index (χ4v) is 3.23. The Labute approximate surface area is 136 Å². The van der Waals surface area contributed by atoms with Gasteiger partial charge in [-0.05, 0) is 19.2 Å². The van der Waals surface area contributed by atoms with Crippen LogP contribution in [0.2, 0.25) is 0 Å². The second-order valence-corrected chi connectivity index (χ2v) is 6.17. The van der Waals surface area contributed by atoms with Crippen molar-refractivity contribution < 1.29 is 19.0 Å². The van der Waals surface area contributed by atoms with Crippen LogP contribution in [0, 0.1) is 5.92 Å². The molecule has 0 bridgehead atoms. The number of ether oxygens (including phenoxy) is 3. The Morgan fingerprint density at radius 2 is 2.04 bits per heavy atom.